The van der Waals surface area contributed by atoms with Gasteiger partial charge in [0.05, 0.1) is 12.0 Å². The van der Waals surface area contributed by atoms with E-state index in [1.165, 1.54) is 11.1 Å². The van der Waals surface area contributed by atoms with Gasteiger partial charge in [-0.15, -0.1) is 0 Å². The van der Waals surface area contributed by atoms with Crippen LogP contribution < -0.4 is 5.32 Å². The highest BCUT2D eigenvalue weighted by molar-refractivity contribution is 5.77. The van der Waals surface area contributed by atoms with Crippen molar-refractivity contribution in [3.8, 4) is 0 Å². The maximum atomic E-state index is 12.5. The molecule has 1 heterocycles. The molecule has 1 aromatic carbocycles. The van der Waals surface area contributed by atoms with E-state index in [4.69, 9.17) is 5.11 Å². The number of likely N-dealkylation sites (N-methyl/N-ethyl adjacent to an activating group) is 1. The van der Waals surface area contributed by atoms with E-state index >= 15 is 0 Å². The van der Waals surface area contributed by atoms with E-state index in [9.17, 15) is 9.59 Å². The van der Waals surface area contributed by atoms with Gasteiger partial charge in [-0.2, -0.15) is 0 Å². The average Bonchev–Trinajstić information content (AvgIpc) is 3.16. The van der Waals surface area contributed by atoms with E-state index < -0.39 is 11.9 Å². The fourth-order valence-electron chi connectivity index (χ4n) is 3.54. The zero-order valence-electron chi connectivity index (χ0n) is 16.1. The van der Waals surface area contributed by atoms with Crippen molar-refractivity contribution in [2.24, 2.45) is 5.92 Å². The first kappa shape index (κ1) is 20.2. The van der Waals surface area contributed by atoms with Crippen LogP contribution >= 0.6 is 0 Å². The Morgan fingerprint density at radius 2 is 1.88 bits per heavy atom. The number of carboxylic acids is 1. The lowest BCUT2D eigenvalue weighted by molar-refractivity contribution is -0.141. The quantitative estimate of drug-likeness (QED) is 0.747. The summed E-state index contributed by atoms with van der Waals surface area (Å²) in [4.78, 5) is 27.5. The van der Waals surface area contributed by atoms with Gasteiger partial charge in [-0.3, -0.25) is 9.69 Å². The van der Waals surface area contributed by atoms with Crippen LogP contribution in [0.5, 0.6) is 0 Å². The van der Waals surface area contributed by atoms with Gasteiger partial charge in [-0.25, -0.2) is 4.79 Å². The Kier molecular flexibility index (Phi) is 7.45. The Hall–Kier alpha value is -2.08. The zero-order valence-corrected chi connectivity index (χ0v) is 16.1. The molecule has 6 heteroatoms. The largest absolute Gasteiger partial charge is 0.481 e. The number of amides is 2. The number of nitrogens with zero attached hydrogens (tertiary/aromatic N) is 2. The lowest BCUT2D eigenvalue weighted by Gasteiger charge is -2.31. The molecule has 0 saturated carbocycles. The van der Waals surface area contributed by atoms with Gasteiger partial charge in [0.2, 0.25) is 0 Å². The van der Waals surface area contributed by atoms with E-state index in [0.29, 0.717) is 26.1 Å². The number of nitrogens with one attached hydrogen (secondary N) is 1. The second kappa shape index (κ2) is 9.57. The van der Waals surface area contributed by atoms with E-state index in [1.807, 2.05) is 0 Å². The van der Waals surface area contributed by atoms with Crippen molar-refractivity contribution < 1.29 is 14.7 Å². The minimum absolute atomic E-state index is 0.109. The molecule has 1 aromatic rings. The van der Waals surface area contributed by atoms with E-state index in [0.717, 1.165) is 19.5 Å². The first-order chi connectivity index (χ1) is 12.5. The molecule has 0 radical (unpaired) electrons. The highest BCUT2D eigenvalue weighted by atomic mass is 16.4. The van der Waals surface area contributed by atoms with Gasteiger partial charge >= 0.3 is 12.0 Å². The van der Waals surface area contributed by atoms with Gasteiger partial charge in [-0.05, 0) is 37.1 Å². The number of hydrogen-bond acceptors (Lipinski definition) is 3. The molecule has 0 aliphatic carbocycles. The van der Waals surface area contributed by atoms with Crippen molar-refractivity contribution in [2.75, 3.05) is 32.7 Å². The summed E-state index contributed by atoms with van der Waals surface area (Å²) in [7, 11) is 0. The predicted octanol–water partition coefficient (Wildman–Crippen LogP) is 2.75. The van der Waals surface area contributed by atoms with Crippen molar-refractivity contribution >= 4 is 12.0 Å². The highest BCUT2D eigenvalue weighted by Gasteiger charge is 2.31. The maximum absolute atomic E-state index is 12.5. The zero-order chi connectivity index (χ0) is 19.1. The second-order valence-electron chi connectivity index (χ2n) is 6.79. The number of aliphatic carboxylic acids is 1. The minimum Gasteiger partial charge on any atom is -0.481 e. The standard InChI is InChI=1S/C20H31N3O3/c1-4-15-7-9-16(10-8-15)18(22(5-2)6-3)13-21-20(26)23-12-11-17(14-23)19(24)25/h7-10,17-18H,4-6,11-14H2,1-3H3,(H,21,26)(H,24,25). The third-order valence-corrected chi connectivity index (χ3v) is 5.30. The van der Waals surface area contributed by atoms with Crippen molar-refractivity contribution in [2.45, 2.75) is 39.7 Å². The normalized spacial score (nSPS) is 18.2. The molecule has 2 rings (SSSR count). The molecule has 1 aliphatic heterocycles. The van der Waals surface area contributed by atoms with Crippen LogP contribution in [0.15, 0.2) is 24.3 Å². The summed E-state index contributed by atoms with van der Waals surface area (Å²) < 4.78 is 0. The Morgan fingerprint density at radius 3 is 2.38 bits per heavy atom. The maximum Gasteiger partial charge on any atom is 0.317 e. The molecule has 0 bridgehead atoms. The van der Waals surface area contributed by atoms with E-state index in [1.54, 1.807) is 4.90 Å². The second-order valence-corrected chi connectivity index (χ2v) is 6.79. The van der Waals surface area contributed by atoms with Crippen LogP contribution in [0.4, 0.5) is 4.79 Å². The summed E-state index contributed by atoms with van der Waals surface area (Å²) in [5.74, 6) is -1.27. The van der Waals surface area contributed by atoms with Gasteiger partial charge in [0.25, 0.3) is 0 Å². The molecule has 26 heavy (non-hydrogen) atoms. The van der Waals surface area contributed by atoms with Gasteiger partial charge in [-0.1, -0.05) is 45.0 Å². The van der Waals surface area contributed by atoms with Gasteiger partial charge in [0.1, 0.15) is 0 Å². The van der Waals surface area contributed by atoms with E-state index in [-0.39, 0.29) is 12.1 Å². The van der Waals surface area contributed by atoms with Crippen LogP contribution in [0.3, 0.4) is 0 Å². The third-order valence-electron chi connectivity index (χ3n) is 5.30. The summed E-state index contributed by atoms with van der Waals surface area (Å²) in [6, 6.07) is 8.51. The Balaban J connectivity index is 2.02. The van der Waals surface area contributed by atoms with Crippen LogP contribution in [0.25, 0.3) is 0 Å². The van der Waals surface area contributed by atoms with Gasteiger partial charge in [0, 0.05) is 19.6 Å². The number of carboxylic acid groups (broad SMARTS) is 1. The topological polar surface area (TPSA) is 72.9 Å². The summed E-state index contributed by atoms with van der Waals surface area (Å²) in [6.45, 7) is 9.49. The third kappa shape index (κ3) is 4.97. The molecular weight excluding hydrogens is 330 g/mol. The molecule has 0 spiro atoms. The van der Waals surface area contributed by atoms with E-state index in [2.05, 4.69) is 55.3 Å². The number of carbonyl (C=O) groups is 2. The molecule has 0 aromatic heterocycles. The first-order valence-corrected chi connectivity index (χ1v) is 9.58. The molecule has 144 valence electrons. The fraction of sp³-hybridized carbons (Fsp3) is 0.600. The molecule has 2 unspecified atom stereocenters. The van der Waals surface area contributed by atoms with Gasteiger partial charge in [0.15, 0.2) is 0 Å². The number of aryl methyl sites for hydroxylation is 1. The van der Waals surface area contributed by atoms with Crippen LogP contribution in [0.2, 0.25) is 0 Å². The van der Waals surface area contributed by atoms with Crippen molar-refractivity contribution in [3.05, 3.63) is 35.4 Å². The number of likely N-dealkylation sites (tertiary alicyclic amines) is 1. The van der Waals surface area contributed by atoms with Crippen molar-refractivity contribution in [1.29, 1.82) is 0 Å². The average molecular weight is 361 g/mol. The molecule has 1 saturated heterocycles. The fourth-order valence-corrected chi connectivity index (χ4v) is 3.54. The summed E-state index contributed by atoms with van der Waals surface area (Å²) in [5, 5.41) is 12.1. The SMILES string of the molecule is CCc1ccc(C(CNC(=O)N2CCC(C(=O)O)C2)N(CC)CC)cc1. The van der Waals surface area contributed by atoms with Crippen molar-refractivity contribution in [1.82, 2.24) is 15.1 Å². The lowest BCUT2D eigenvalue weighted by atomic mass is 10.0. The monoisotopic (exact) mass is 361 g/mol. The lowest BCUT2D eigenvalue weighted by Crippen LogP contribution is -2.43. The Morgan fingerprint density at radius 1 is 1.23 bits per heavy atom. The molecule has 6 nitrogen and oxygen atoms in total. The number of hydrogen-bond donors (Lipinski definition) is 2. The Bertz CT molecular complexity index is 599. The smallest absolute Gasteiger partial charge is 0.317 e. The van der Waals surface area contributed by atoms with Crippen LogP contribution in [-0.4, -0.2) is 59.6 Å². The summed E-state index contributed by atoms with van der Waals surface area (Å²) in [5.41, 5.74) is 2.49. The predicted molar refractivity (Wildman–Crippen MR) is 102 cm³/mol. The molecule has 1 aliphatic rings. The molecule has 1 fully saturated rings. The van der Waals surface area contributed by atoms with Crippen LogP contribution in [-0.2, 0) is 11.2 Å². The number of urea groups is 1. The minimum atomic E-state index is -0.822. The number of carbonyl (C=O) groups excluding carboxylic acids is 1. The van der Waals surface area contributed by atoms with Gasteiger partial charge < -0.3 is 15.3 Å². The molecule has 2 N–H and O–H groups in total. The molecule has 2 atom stereocenters. The van der Waals surface area contributed by atoms with Crippen LogP contribution in [0, 0.1) is 5.92 Å². The van der Waals surface area contributed by atoms with Crippen LogP contribution in [0.1, 0.15) is 44.4 Å². The number of benzene rings is 1. The number of rotatable bonds is 8. The highest BCUT2D eigenvalue weighted by Crippen LogP contribution is 2.21. The van der Waals surface area contributed by atoms with Crippen molar-refractivity contribution in [3.63, 3.8) is 0 Å². The summed E-state index contributed by atoms with van der Waals surface area (Å²) in [6.07, 6.45) is 1.54. The summed E-state index contributed by atoms with van der Waals surface area (Å²) >= 11 is 0. The first-order valence-electron chi connectivity index (χ1n) is 9.58. The molecular formula is C20H31N3O3. The Labute approximate surface area is 156 Å². The molecule has 2 amide bonds.